The van der Waals surface area contributed by atoms with Gasteiger partial charge in [-0.1, -0.05) is 17.7 Å². The fraction of sp³-hybridized carbons (Fsp3) is 0.231. The monoisotopic (exact) mass is 265 g/mol. The molecule has 1 aromatic carbocycles. The number of likely N-dealkylation sites (N-methyl/N-ethyl adjacent to an activating group) is 1. The van der Waals surface area contributed by atoms with E-state index in [1.54, 1.807) is 24.5 Å². The Morgan fingerprint density at radius 2 is 2.17 bits per heavy atom. The topological polar surface area (TPSA) is 37.8 Å². The molecule has 1 N–H and O–H groups in total. The lowest BCUT2D eigenvalue weighted by atomic mass is 10.0. The molecule has 0 aliphatic carbocycles. The van der Waals surface area contributed by atoms with Crippen LogP contribution in [-0.2, 0) is 6.42 Å². The number of nitrogens with one attached hydrogen (secondary N) is 1. The number of aromatic nitrogens is 2. The molecule has 3 nitrogen and oxygen atoms in total. The fourth-order valence-corrected chi connectivity index (χ4v) is 2.00. The minimum absolute atomic E-state index is 0.0991. The summed E-state index contributed by atoms with van der Waals surface area (Å²) < 4.78 is 13.1. The van der Waals surface area contributed by atoms with E-state index in [-0.39, 0.29) is 11.1 Å². The van der Waals surface area contributed by atoms with E-state index >= 15 is 0 Å². The van der Waals surface area contributed by atoms with Crippen molar-refractivity contribution in [2.75, 3.05) is 7.05 Å². The van der Waals surface area contributed by atoms with E-state index in [1.165, 1.54) is 6.07 Å². The second-order valence-corrected chi connectivity index (χ2v) is 4.38. The lowest BCUT2D eigenvalue weighted by Gasteiger charge is -2.16. The summed E-state index contributed by atoms with van der Waals surface area (Å²) in [5.74, 6) is -0.396. The second kappa shape index (κ2) is 5.89. The van der Waals surface area contributed by atoms with Crippen LogP contribution in [0.4, 0.5) is 4.39 Å². The highest BCUT2D eigenvalue weighted by atomic mass is 35.5. The Labute approximate surface area is 110 Å². The van der Waals surface area contributed by atoms with Gasteiger partial charge in [-0.15, -0.1) is 0 Å². The fourth-order valence-electron chi connectivity index (χ4n) is 1.80. The third kappa shape index (κ3) is 3.03. The summed E-state index contributed by atoms with van der Waals surface area (Å²) in [5, 5.41) is 10.9. The molecule has 18 heavy (non-hydrogen) atoms. The lowest BCUT2D eigenvalue weighted by Crippen LogP contribution is -2.19. The van der Waals surface area contributed by atoms with Gasteiger partial charge in [0.05, 0.1) is 11.2 Å². The van der Waals surface area contributed by atoms with Crippen molar-refractivity contribution in [3.63, 3.8) is 0 Å². The van der Waals surface area contributed by atoms with Gasteiger partial charge in [0.1, 0.15) is 5.82 Å². The number of halogens is 2. The van der Waals surface area contributed by atoms with Crippen molar-refractivity contribution in [2.24, 2.45) is 0 Å². The summed E-state index contributed by atoms with van der Waals surface area (Å²) in [6.07, 6.45) is 4.08. The Kier molecular flexibility index (Phi) is 4.23. The molecule has 2 rings (SSSR count). The molecule has 1 unspecified atom stereocenters. The first-order valence-corrected chi connectivity index (χ1v) is 5.96. The van der Waals surface area contributed by atoms with E-state index in [2.05, 4.69) is 15.5 Å². The van der Waals surface area contributed by atoms with Crippen molar-refractivity contribution in [1.29, 1.82) is 0 Å². The highest BCUT2D eigenvalue weighted by Gasteiger charge is 2.11. The van der Waals surface area contributed by atoms with Gasteiger partial charge in [0.15, 0.2) is 0 Å². The van der Waals surface area contributed by atoms with E-state index < -0.39 is 5.82 Å². The predicted octanol–water partition coefficient (Wildman–Crippen LogP) is 2.77. The summed E-state index contributed by atoms with van der Waals surface area (Å²) in [6.45, 7) is 0. The Hall–Kier alpha value is -1.52. The SMILES string of the molecule is CNC(Cc1ccc(F)c(Cl)c1)c1ccnnc1. The van der Waals surface area contributed by atoms with Crippen LogP contribution in [0.3, 0.4) is 0 Å². The van der Waals surface area contributed by atoms with Crippen molar-refractivity contribution in [3.8, 4) is 0 Å². The summed E-state index contributed by atoms with van der Waals surface area (Å²) in [4.78, 5) is 0. The molecule has 1 aromatic heterocycles. The maximum atomic E-state index is 13.1. The number of hydrogen-bond acceptors (Lipinski definition) is 3. The molecule has 0 aliphatic rings. The average Bonchev–Trinajstić information content (AvgIpc) is 2.41. The maximum absolute atomic E-state index is 13.1. The molecule has 94 valence electrons. The molecule has 0 saturated carbocycles. The first-order chi connectivity index (χ1) is 8.70. The molecule has 0 fully saturated rings. The Balaban J connectivity index is 2.18. The summed E-state index contributed by atoms with van der Waals surface area (Å²) in [5.41, 5.74) is 2.01. The van der Waals surface area contributed by atoms with Crippen LogP contribution in [-0.4, -0.2) is 17.2 Å². The molecule has 1 atom stereocenters. The number of nitrogens with zero attached hydrogens (tertiary/aromatic N) is 2. The van der Waals surface area contributed by atoms with Crippen LogP contribution in [0.15, 0.2) is 36.7 Å². The van der Waals surface area contributed by atoms with Gasteiger partial charge < -0.3 is 5.32 Å². The first kappa shape index (κ1) is 12.9. The third-order valence-corrected chi connectivity index (χ3v) is 3.07. The zero-order valence-electron chi connectivity index (χ0n) is 9.90. The van der Waals surface area contributed by atoms with Crippen LogP contribution >= 0.6 is 11.6 Å². The average molecular weight is 266 g/mol. The molecule has 1 heterocycles. The molecule has 0 bridgehead atoms. The van der Waals surface area contributed by atoms with Gasteiger partial charge >= 0.3 is 0 Å². The Bertz CT molecular complexity index is 519. The number of rotatable bonds is 4. The summed E-state index contributed by atoms with van der Waals surface area (Å²) in [6, 6.07) is 6.77. The van der Waals surface area contributed by atoms with Crippen LogP contribution in [0.25, 0.3) is 0 Å². The standard InChI is InChI=1S/C13H13ClFN3/c1-16-13(10-4-5-17-18-8-10)7-9-2-3-12(15)11(14)6-9/h2-6,8,13,16H,7H2,1H3. The predicted molar refractivity (Wildman–Crippen MR) is 68.9 cm³/mol. The smallest absolute Gasteiger partial charge is 0.141 e. The van der Waals surface area contributed by atoms with Gasteiger partial charge in [-0.25, -0.2) is 4.39 Å². The van der Waals surface area contributed by atoms with Gasteiger partial charge in [-0.3, -0.25) is 0 Å². The molecule has 0 amide bonds. The normalized spacial score (nSPS) is 12.4. The van der Waals surface area contributed by atoms with E-state index in [1.807, 2.05) is 13.1 Å². The van der Waals surface area contributed by atoms with Crippen molar-refractivity contribution in [3.05, 3.63) is 58.6 Å². The zero-order valence-corrected chi connectivity index (χ0v) is 10.7. The Morgan fingerprint density at radius 1 is 1.33 bits per heavy atom. The second-order valence-electron chi connectivity index (χ2n) is 3.97. The molecule has 0 aliphatic heterocycles. The largest absolute Gasteiger partial charge is 0.313 e. The summed E-state index contributed by atoms with van der Waals surface area (Å²) in [7, 11) is 1.87. The molecular formula is C13H13ClFN3. The molecular weight excluding hydrogens is 253 g/mol. The van der Waals surface area contributed by atoms with Gasteiger partial charge in [0, 0.05) is 12.2 Å². The Morgan fingerprint density at radius 3 is 2.78 bits per heavy atom. The minimum atomic E-state index is -0.396. The molecule has 0 spiro atoms. The van der Waals surface area contributed by atoms with Crippen LogP contribution in [0.5, 0.6) is 0 Å². The molecule has 0 radical (unpaired) electrons. The highest BCUT2D eigenvalue weighted by Crippen LogP contribution is 2.21. The van der Waals surface area contributed by atoms with Crippen LogP contribution < -0.4 is 5.32 Å². The molecule has 5 heteroatoms. The van der Waals surface area contributed by atoms with Gasteiger partial charge in [-0.05, 0) is 42.8 Å². The zero-order chi connectivity index (χ0) is 13.0. The van der Waals surface area contributed by atoms with E-state index in [9.17, 15) is 4.39 Å². The quantitative estimate of drug-likeness (QED) is 0.924. The van der Waals surface area contributed by atoms with Crippen molar-refractivity contribution >= 4 is 11.6 Å². The highest BCUT2D eigenvalue weighted by molar-refractivity contribution is 6.30. The van der Waals surface area contributed by atoms with Gasteiger partial charge in [0.2, 0.25) is 0 Å². The van der Waals surface area contributed by atoms with E-state index in [0.29, 0.717) is 6.42 Å². The van der Waals surface area contributed by atoms with Crippen molar-refractivity contribution < 1.29 is 4.39 Å². The van der Waals surface area contributed by atoms with Crippen LogP contribution in [0, 0.1) is 5.82 Å². The van der Waals surface area contributed by atoms with Gasteiger partial charge in [-0.2, -0.15) is 10.2 Å². The number of benzene rings is 1. The molecule has 0 saturated heterocycles. The van der Waals surface area contributed by atoms with E-state index in [0.717, 1.165) is 11.1 Å². The molecule has 2 aromatic rings. The van der Waals surface area contributed by atoms with Crippen LogP contribution in [0.1, 0.15) is 17.2 Å². The van der Waals surface area contributed by atoms with E-state index in [4.69, 9.17) is 11.6 Å². The number of hydrogen-bond donors (Lipinski definition) is 1. The minimum Gasteiger partial charge on any atom is -0.313 e. The summed E-state index contributed by atoms with van der Waals surface area (Å²) >= 11 is 5.77. The maximum Gasteiger partial charge on any atom is 0.141 e. The van der Waals surface area contributed by atoms with Crippen LogP contribution in [0.2, 0.25) is 5.02 Å². The van der Waals surface area contributed by atoms with Gasteiger partial charge in [0.25, 0.3) is 0 Å². The third-order valence-electron chi connectivity index (χ3n) is 2.78. The van der Waals surface area contributed by atoms with Crippen molar-refractivity contribution in [2.45, 2.75) is 12.5 Å². The first-order valence-electron chi connectivity index (χ1n) is 5.58. The van der Waals surface area contributed by atoms with Crippen molar-refractivity contribution in [1.82, 2.24) is 15.5 Å². The lowest BCUT2D eigenvalue weighted by molar-refractivity contribution is 0.585.